The largest absolute Gasteiger partial charge is 0.0654 e. The number of benzene rings is 3. The Morgan fingerprint density at radius 1 is 0.333 bits per heavy atom. The van der Waals surface area contributed by atoms with Gasteiger partial charge in [0.15, 0.2) is 0 Å². The smallest absolute Gasteiger partial charge is 0.0134 e. The van der Waals surface area contributed by atoms with E-state index >= 15 is 0 Å². The van der Waals surface area contributed by atoms with E-state index in [1.54, 1.807) is 0 Å². The van der Waals surface area contributed by atoms with E-state index in [1.807, 2.05) is 0 Å². The molecule has 1 heteroatoms. The van der Waals surface area contributed by atoms with Crippen LogP contribution in [0.1, 0.15) is 110 Å². The Morgan fingerprint density at radius 2 is 0.556 bits per heavy atom. The van der Waals surface area contributed by atoms with Gasteiger partial charge in [-0.2, -0.15) is 0 Å². The number of hydrogen-bond acceptors (Lipinski definition) is 0. The van der Waals surface area contributed by atoms with Gasteiger partial charge in [-0.1, -0.05) is 201 Å². The molecule has 3 rings (SSSR count). The fraction of sp³-hybridized carbons (Fsp3) is 0.486. The fourth-order valence-electron chi connectivity index (χ4n) is 4.62. The monoisotopic (exact) mass is 502 g/mol. The molecular weight excluding hydrogens is 451 g/mol. The molecule has 36 heavy (non-hydrogen) atoms. The summed E-state index contributed by atoms with van der Waals surface area (Å²) in [5, 5.41) is 4.19. The Kier molecular flexibility index (Phi) is 17.9. The molecule has 0 atom stereocenters. The van der Waals surface area contributed by atoms with Crippen LogP contribution in [-0.4, -0.2) is 0 Å². The van der Waals surface area contributed by atoms with Gasteiger partial charge in [-0.25, -0.2) is 0 Å². The van der Waals surface area contributed by atoms with Crippen molar-refractivity contribution in [3.63, 3.8) is 0 Å². The minimum Gasteiger partial charge on any atom is -0.0654 e. The van der Waals surface area contributed by atoms with Gasteiger partial charge in [-0.05, 0) is 23.8 Å². The second kappa shape index (κ2) is 21.2. The first-order chi connectivity index (χ1) is 17.9. The predicted octanol–water partition coefficient (Wildman–Crippen LogP) is 10.3. The number of unbranched alkanes of at least 4 members (excludes halogenated alkanes) is 14. The van der Waals surface area contributed by atoms with E-state index in [4.69, 9.17) is 0 Å². The summed E-state index contributed by atoms with van der Waals surface area (Å²) < 4.78 is 0. The van der Waals surface area contributed by atoms with Crippen LogP contribution in [0.2, 0.25) is 0 Å². The first-order valence-electron chi connectivity index (χ1n) is 14.8. The molecule has 0 aliphatic carbocycles. The molecule has 0 aromatic heterocycles. The van der Waals surface area contributed by atoms with Crippen molar-refractivity contribution in [2.45, 2.75) is 110 Å². The lowest BCUT2D eigenvalue weighted by atomic mass is 10.0. The van der Waals surface area contributed by atoms with E-state index in [0.717, 1.165) is 0 Å². The van der Waals surface area contributed by atoms with Crippen LogP contribution in [-0.2, 0) is 0 Å². The summed E-state index contributed by atoms with van der Waals surface area (Å²) in [5.41, 5.74) is 0. The van der Waals surface area contributed by atoms with E-state index in [9.17, 15) is 0 Å². The van der Waals surface area contributed by atoms with Gasteiger partial charge in [-0.3, -0.25) is 0 Å². The van der Waals surface area contributed by atoms with Crippen LogP contribution < -0.4 is 15.9 Å². The van der Waals surface area contributed by atoms with Crippen molar-refractivity contribution in [3.8, 4) is 0 Å². The maximum atomic E-state index is 2.29. The zero-order chi connectivity index (χ0) is 25.5. The first kappa shape index (κ1) is 30.3. The molecule has 3 aromatic rings. The summed E-state index contributed by atoms with van der Waals surface area (Å²) in [6.07, 6.45) is 21.9. The van der Waals surface area contributed by atoms with Crippen molar-refractivity contribution < 1.29 is 0 Å². The van der Waals surface area contributed by atoms with Gasteiger partial charge in [0.2, 0.25) is 0 Å². The molecule has 196 valence electrons. The van der Waals surface area contributed by atoms with Crippen LogP contribution >= 0.6 is 7.92 Å². The molecule has 0 amide bonds. The second-order valence-corrected chi connectivity index (χ2v) is 12.2. The Hall–Kier alpha value is -1.91. The third-order valence-corrected chi connectivity index (χ3v) is 9.19. The van der Waals surface area contributed by atoms with Crippen LogP contribution in [0.25, 0.3) is 0 Å². The van der Waals surface area contributed by atoms with Crippen molar-refractivity contribution in [3.05, 3.63) is 91.0 Å². The predicted molar refractivity (Wildman–Crippen MR) is 166 cm³/mol. The summed E-state index contributed by atoms with van der Waals surface area (Å²) in [7, 11) is -0.446. The number of rotatable bonds is 17. The molecular formula is C35H51P. The average Bonchev–Trinajstić information content (AvgIpc) is 2.94. The van der Waals surface area contributed by atoms with Crippen molar-refractivity contribution in [1.29, 1.82) is 0 Å². The Balaban J connectivity index is 0.000000256. The van der Waals surface area contributed by atoms with Gasteiger partial charge < -0.3 is 0 Å². The molecule has 0 unspecified atom stereocenters. The minimum atomic E-state index is -0.446. The maximum absolute atomic E-state index is 2.29. The van der Waals surface area contributed by atoms with Crippen LogP contribution in [0.5, 0.6) is 0 Å². The minimum absolute atomic E-state index is 0.446. The third kappa shape index (κ3) is 13.4. The molecule has 0 radical (unpaired) electrons. The second-order valence-electron chi connectivity index (χ2n) is 9.94. The van der Waals surface area contributed by atoms with Crippen LogP contribution in [0, 0.1) is 0 Å². The van der Waals surface area contributed by atoms with Crippen LogP contribution in [0.15, 0.2) is 91.0 Å². The van der Waals surface area contributed by atoms with Gasteiger partial charge in [0, 0.05) is 0 Å². The Morgan fingerprint density at radius 3 is 0.778 bits per heavy atom. The van der Waals surface area contributed by atoms with Gasteiger partial charge in [-0.15, -0.1) is 0 Å². The maximum Gasteiger partial charge on any atom is -0.0134 e. The highest BCUT2D eigenvalue weighted by Crippen LogP contribution is 2.32. The van der Waals surface area contributed by atoms with E-state index in [0.29, 0.717) is 0 Å². The van der Waals surface area contributed by atoms with Gasteiger partial charge in [0.05, 0.1) is 0 Å². The summed E-state index contributed by atoms with van der Waals surface area (Å²) in [6, 6.07) is 32.3. The molecule has 0 bridgehead atoms. The quantitative estimate of drug-likeness (QED) is 0.127. The summed E-state index contributed by atoms with van der Waals surface area (Å²) in [6.45, 7) is 4.58. The van der Waals surface area contributed by atoms with E-state index in [-0.39, 0.29) is 0 Å². The highest BCUT2D eigenvalue weighted by Gasteiger charge is 2.14. The lowest BCUT2D eigenvalue weighted by molar-refractivity contribution is 0.534. The molecule has 0 N–H and O–H groups in total. The molecule has 3 aromatic carbocycles. The summed E-state index contributed by atoms with van der Waals surface area (Å²) in [4.78, 5) is 0. The average molecular weight is 503 g/mol. The molecule has 0 saturated carbocycles. The molecule has 0 fully saturated rings. The van der Waals surface area contributed by atoms with Crippen molar-refractivity contribution in [2.24, 2.45) is 0 Å². The fourth-order valence-corrected chi connectivity index (χ4v) is 6.93. The normalized spacial score (nSPS) is 10.8. The highest BCUT2D eigenvalue weighted by molar-refractivity contribution is 7.79. The zero-order valence-corrected chi connectivity index (χ0v) is 24.1. The SMILES string of the molecule is CCCCCCCCCCCCCCCCC.c1ccc(P(c2ccccc2)c2ccccc2)cc1. The standard InChI is InChI=1S/C18H15P.C17H36/c1-4-10-16(11-5-1)19(17-12-6-2-7-13-17)18-14-8-3-9-15-18;1-3-5-7-9-11-13-15-17-16-14-12-10-8-6-4-2/h1-15H;3-17H2,1-2H3. The van der Waals surface area contributed by atoms with Crippen LogP contribution in [0.4, 0.5) is 0 Å². The zero-order valence-electron chi connectivity index (χ0n) is 23.2. The molecule has 0 spiro atoms. The van der Waals surface area contributed by atoms with Crippen molar-refractivity contribution in [2.75, 3.05) is 0 Å². The van der Waals surface area contributed by atoms with Crippen LogP contribution in [0.3, 0.4) is 0 Å². The first-order valence-corrected chi connectivity index (χ1v) is 16.2. The van der Waals surface area contributed by atoms with E-state index < -0.39 is 7.92 Å². The van der Waals surface area contributed by atoms with Gasteiger partial charge >= 0.3 is 0 Å². The molecule has 0 heterocycles. The molecule has 0 aliphatic rings. The molecule has 0 saturated heterocycles. The van der Waals surface area contributed by atoms with Gasteiger partial charge in [0.25, 0.3) is 0 Å². The van der Waals surface area contributed by atoms with E-state index in [1.165, 1.54) is 112 Å². The van der Waals surface area contributed by atoms with E-state index in [2.05, 4.69) is 105 Å². The van der Waals surface area contributed by atoms with Crippen molar-refractivity contribution >= 4 is 23.8 Å². The topological polar surface area (TPSA) is 0 Å². The molecule has 0 nitrogen and oxygen atoms in total. The molecule has 0 aliphatic heterocycles. The lowest BCUT2D eigenvalue weighted by Gasteiger charge is -2.18. The Bertz CT molecular complexity index is 736. The van der Waals surface area contributed by atoms with Crippen molar-refractivity contribution in [1.82, 2.24) is 0 Å². The highest BCUT2D eigenvalue weighted by atomic mass is 31.1. The number of hydrogen-bond donors (Lipinski definition) is 0. The lowest BCUT2D eigenvalue weighted by Crippen LogP contribution is -2.20. The third-order valence-electron chi connectivity index (χ3n) is 6.75. The Labute approximate surface area is 224 Å². The summed E-state index contributed by atoms with van der Waals surface area (Å²) in [5.74, 6) is 0. The van der Waals surface area contributed by atoms with Gasteiger partial charge in [0.1, 0.15) is 0 Å². The summed E-state index contributed by atoms with van der Waals surface area (Å²) >= 11 is 0.